The number of fused-ring (bicyclic) bond motifs is 1. The van der Waals surface area contributed by atoms with Gasteiger partial charge in [-0.3, -0.25) is 11.3 Å². The van der Waals surface area contributed by atoms with E-state index in [0.717, 1.165) is 17.7 Å². The van der Waals surface area contributed by atoms with Gasteiger partial charge in [-0.2, -0.15) is 13.2 Å². The summed E-state index contributed by atoms with van der Waals surface area (Å²) in [6, 6.07) is 1.64. The van der Waals surface area contributed by atoms with Crippen LogP contribution in [-0.2, 0) is 12.8 Å². The maximum Gasteiger partial charge on any atom is 0.389 e. The number of hydrogen-bond donors (Lipinski definition) is 2. The van der Waals surface area contributed by atoms with Crippen LogP contribution in [0.3, 0.4) is 0 Å². The molecule has 6 heteroatoms. The molecule has 1 heterocycles. The Kier molecular flexibility index (Phi) is 4.29. The quantitative estimate of drug-likeness (QED) is 0.653. The maximum absolute atomic E-state index is 12.2. The predicted octanol–water partition coefficient (Wildman–Crippen LogP) is 3.47. The lowest BCUT2D eigenvalue weighted by atomic mass is 9.98. The van der Waals surface area contributed by atoms with Gasteiger partial charge in [0, 0.05) is 16.2 Å². The van der Waals surface area contributed by atoms with Crippen LogP contribution in [0.25, 0.3) is 0 Å². The van der Waals surface area contributed by atoms with E-state index in [-0.39, 0.29) is 12.5 Å². The van der Waals surface area contributed by atoms with Crippen LogP contribution in [0.15, 0.2) is 6.07 Å². The molecule has 0 bridgehead atoms. The van der Waals surface area contributed by atoms with E-state index in [0.29, 0.717) is 0 Å². The molecule has 1 aromatic rings. The zero-order valence-electron chi connectivity index (χ0n) is 10.0. The third-order valence-corrected chi connectivity index (χ3v) is 4.63. The van der Waals surface area contributed by atoms with Gasteiger partial charge < -0.3 is 0 Å². The lowest BCUT2D eigenvalue weighted by molar-refractivity contribution is -0.136. The zero-order chi connectivity index (χ0) is 13.2. The Balaban J connectivity index is 2.05. The molecule has 0 saturated carbocycles. The van der Waals surface area contributed by atoms with Gasteiger partial charge in [0.1, 0.15) is 0 Å². The summed E-state index contributed by atoms with van der Waals surface area (Å²) in [6.07, 6.45) is -0.475. The van der Waals surface area contributed by atoms with Crippen molar-refractivity contribution < 1.29 is 13.2 Å². The van der Waals surface area contributed by atoms with Crippen LogP contribution in [-0.4, -0.2) is 6.18 Å². The smallest absolute Gasteiger partial charge is 0.271 e. The average molecular weight is 278 g/mol. The van der Waals surface area contributed by atoms with Gasteiger partial charge in [0.2, 0.25) is 0 Å². The van der Waals surface area contributed by atoms with Gasteiger partial charge in [-0.25, -0.2) is 0 Å². The van der Waals surface area contributed by atoms with E-state index >= 15 is 0 Å². The maximum atomic E-state index is 12.2. The summed E-state index contributed by atoms with van der Waals surface area (Å²) in [6.45, 7) is 0. The summed E-state index contributed by atoms with van der Waals surface area (Å²) in [5.74, 6) is 5.38. The molecule has 0 amide bonds. The topological polar surface area (TPSA) is 38.0 Å². The number of rotatable bonds is 4. The lowest BCUT2D eigenvalue weighted by Gasteiger charge is -2.15. The highest BCUT2D eigenvalue weighted by molar-refractivity contribution is 7.12. The standard InChI is InChI=1S/C12H17F3N2S/c13-12(14,15)6-5-9(17-16)11-7-8-3-1-2-4-10(8)18-11/h7,9,17H,1-6,16H2. The van der Waals surface area contributed by atoms with Gasteiger partial charge in [-0.15, -0.1) is 11.3 Å². The van der Waals surface area contributed by atoms with E-state index in [2.05, 4.69) is 5.43 Å². The van der Waals surface area contributed by atoms with Crippen molar-refractivity contribution in [1.82, 2.24) is 5.43 Å². The number of aryl methyl sites for hydroxylation is 2. The van der Waals surface area contributed by atoms with E-state index in [1.807, 2.05) is 6.07 Å². The molecule has 0 saturated heterocycles. The van der Waals surface area contributed by atoms with Crippen molar-refractivity contribution in [3.8, 4) is 0 Å². The van der Waals surface area contributed by atoms with Crippen LogP contribution in [0.4, 0.5) is 13.2 Å². The number of hydrazine groups is 1. The van der Waals surface area contributed by atoms with Crippen LogP contribution in [0, 0.1) is 0 Å². The highest BCUT2D eigenvalue weighted by Crippen LogP contribution is 2.35. The Morgan fingerprint density at radius 1 is 1.33 bits per heavy atom. The molecule has 2 rings (SSSR count). The van der Waals surface area contributed by atoms with Gasteiger partial charge in [-0.1, -0.05) is 0 Å². The number of halogens is 3. The number of hydrogen-bond acceptors (Lipinski definition) is 3. The summed E-state index contributed by atoms with van der Waals surface area (Å²) in [5, 5.41) is 0. The Hall–Kier alpha value is -0.590. The van der Waals surface area contributed by atoms with Gasteiger partial charge >= 0.3 is 6.18 Å². The summed E-state index contributed by atoms with van der Waals surface area (Å²) in [4.78, 5) is 2.26. The first-order valence-corrected chi connectivity index (χ1v) is 6.95. The molecular formula is C12H17F3N2S. The van der Waals surface area contributed by atoms with Crippen molar-refractivity contribution in [2.45, 2.75) is 50.7 Å². The number of nitrogens with one attached hydrogen (secondary N) is 1. The molecule has 0 radical (unpaired) electrons. The molecular weight excluding hydrogens is 261 g/mol. The summed E-state index contributed by atoms with van der Waals surface area (Å²) >= 11 is 1.61. The average Bonchev–Trinajstić information content (AvgIpc) is 2.71. The second-order valence-electron chi connectivity index (χ2n) is 4.68. The Bertz CT molecular complexity index is 377. The van der Waals surface area contributed by atoms with E-state index in [1.54, 1.807) is 11.3 Å². The lowest BCUT2D eigenvalue weighted by Crippen LogP contribution is -2.28. The fourth-order valence-electron chi connectivity index (χ4n) is 2.30. The van der Waals surface area contributed by atoms with E-state index < -0.39 is 12.6 Å². The summed E-state index contributed by atoms with van der Waals surface area (Å²) < 4.78 is 36.7. The molecule has 102 valence electrons. The largest absolute Gasteiger partial charge is 0.389 e. The van der Waals surface area contributed by atoms with Crippen LogP contribution in [0.5, 0.6) is 0 Å². The van der Waals surface area contributed by atoms with Crippen LogP contribution >= 0.6 is 11.3 Å². The second-order valence-corrected chi connectivity index (χ2v) is 5.85. The molecule has 1 aliphatic rings. The monoisotopic (exact) mass is 278 g/mol. The second kappa shape index (κ2) is 5.59. The van der Waals surface area contributed by atoms with Crippen molar-refractivity contribution in [2.75, 3.05) is 0 Å². The minimum absolute atomic E-state index is 0.000602. The Labute approximate surface area is 108 Å². The molecule has 1 unspecified atom stereocenters. The van der Waals surface area contributed by atoms with Gasteiger partial charge in [0.05, 0.1) is 6.04 Å². The van der Waals surface area contributed by atoms with Crippen LogP contribution in [0.1, 0.15) is 47.0 Å². The third-order valence-electron chi connectivity index (χ3n) is 3.28. The minimum atomic E-state index is -4.12. The fraction of sp³-hybridized carbons (Fsp3) is 0.667. The van der Waals surface area contributed by atoms with Crippen molar-refractivity contribution in [3.05, 3.63) is 21.4 Å². The molecule has 0 spiro atoms. The van der Waals surface area contributed by atoms with Crippen molar-refractivity contribution in [2.24, 2.45) is 5.84 Å². The van der Waals surface area contributed by atoms with E-state index in [9.17, 15) is 13.2 Å². The molecule has 1 aliphatic carbocycles. The summed E-state index contributed by atoms with van der Waals surface area (Å²) in [5.41, 5.74) is 3.81. The number of alkyl halides is 3. The highest BCUT2D eigenvalue weighted by atomic mass is 32.1. The SMILES string of the molecule is NNC(CCC(F)(F)F)c1cc2c(s1)CCCC2. The normalized spacial score (nSPS) is 17.6. The predicted molar refractivity (Wildman–Crippen MR) is 66.3 cm³/mol. The van der Waals surface area contributed by atoms with E-state index in [4.69, 9.17) is 5.84 Å². The first kappa shape index (κ1) is 13.8. The van der Waals surface area contributed by atoms with Crippen LogP contribution in [0.2, 0.25) is 0 Å². The Morgan fingerprint density at radius 3 is 2.67 bits per heavy atom. The molecule has 1 atom stereocenters. The zero-order valence-corrected chi connectivity index (χ0v) is 10.8. The van der Waals surface area contributed by atoms with Crippen molar-refractivity contribution in [3.63, 3.8) is 0 Å². The molecule has 0 aliphatic heterocycles. The molecule has 0 aromatic carbocycles. The molecule has 0 fully saturated rings. The van der Waals surface area contributed by atoms with Crippen molar-refractivity contribution in [1.29, 1.82) is 0 Å². The van der Waals surface area contributed by atoms with Gasteiger partial charge in [0.15, 0.2) is 0 Å². The van der Waals surface area contributed by atoms with Crippen LogP contribution < -0.4 is 11.3 Å². The van der Waals surface area contributed by atoms with E-state index in [1.165, 1.54) is 23.3 Å². The van der Waals surface area contributed by atoms with Crippen molar-refractivity contribution >= 4 is 11.3 Å². The molecule has 2 nitrogen and oxygen atoms in total. The van der Waals surface area contributed by atoms with Gasteiger partial charge in [-0.05, 0) is 43.7 Å². The Morgan fingerprint density at radius 2 is 2.06 bits per heavy atom. The molecule has 1 aromatic heterocycles. The fourth-order valence-corrected chi connectivity index (χ4v) is 3.65. The number of thiophene rings is 1. The summed E-state index contributed by atoms with van der Waals surface area (Å²) in [7, 11) is 0. The minimum Gasteiger partial charge on any atom is -0.271 e. The number of nitrogens with two attached hydrogens (primary N) is 1. The third kappa shape index (κ3) is 3.46. The molecule has 18 heavy (non-hydrogen) atoms. The molecule has 3 N–H and O–H groups in total. The highest BCUT2D eigenvalue weighted by Gasteiger charge is 2.29. The van der Waals surface area contributed by atoms with Gasteiger partial charge in [0.25, 0.3) is 0 Å². The first-order valence-electron chi connectivity index (χ1n) is 6.14. The first-order chi connectivity index (χ1) is 8.49.